The number of piperidine rings is 3. The number of fused-ring (bicyclic) bond motifs is 3. The summed E-state index contributed by atoms with van der Waals surface area (Å²) < 4.78 is 57.2. The molecule has 6 aromatic carbocycles. The van der Waals surface area contributed by atoms with Gasteiger partial charge >= 0.3 is 0 Å². The molecule has 15 rings (SSSR count). The van der Waals surface area contributed by atoms with Crippen molar-refractivity contribution in [3.05, 3.63) is 196 Å². The van der Waals surface area contributed by atoms with E-state index < -0.39 is 23.4 Å². The third-order valence-corrected chi connectivity index (χ3v) is 21.4. The number of aromatic amines is 2. The number of methoxy groups -OCH3 is 3. The molecule has 9 heterocycles. The maximum absolute atomic E-state index is 13.6. The van der Waals surface area contributed by atoms with Crippen LogP contribution in [0.3, 0.4) is 0 Å². The normalized spacial score (nSPS) is 16.5. The number of rotatable bonds is 16. The highest BCUT2D eigenvalue weighted by atomic mass is 19.1. The van der Waals surface area contributed by atoms with Gasteiger partial charge < -0.3 is 59.8 Å². The van der Waals surface area contributed by atoms with Crippen molar-refractivity contribution < 1.29 is 60.9 Å². The second-order valence-corrected chi connectivity index (χ2v) is 28.2. The van der Waals surface area contributed by atoms with E-state index in [4.69, 9.17) is 20.1 Å². The predicted molar refractivity (Wildman–Crippen MR) is 397 cm³/mol. The number of Topliss-reactive ketones (excluding diaryl/α,β-unsaturated/α-hetero) is 2. The van der Waals surface area contributed by atoms with Gasteiger partial charge in [0.25, 0.3) is 41.1 Å². The zero-order valence-electron chi connectivity index (χ0n) is 60.0. The monoisotopic (exact) mass is 1430 g/mol. The molecule has 23 heteroatoms. The van der Waals surface area contributed by atoms with Crippen LogP contribution in [0.25, 0.3) is 32.7 Å². The maximum Gasteiger partial charge on any atom is 0.295 e. The van der Waals surface area contributed by atoms with E-state index in [2.05, 4.69) is 15.3 Å². The van der Waals surface area contributed by atoms with Gasteiger partial charge in [0.2, 0.25) is 0 Å². The molecule has 0 atom stereocenters. The Morgan fingerprint density at radius 2 is 0.800 bits per heavy atom. The number of nitrogens with one attached hydrogen (secondary N) is 3. The fourth-order valence-corrected chi connectivity index (χ4v) is 15.3. The number of nitrogen functional groups attached to an aromatic ring is 1. The van der Waals surface area contributed by atoms with Gasteiger partial charge in [0, 0.05) is 129 Å². The van der Waals surface area contributed by atoms with Crippen LogP contribution in [0.5, 0.6) is 17.2 Å². The van der Waals surface area contributed by atoms with E-state index in [9.17, 15) is 46.7 Å². The SMILES string of the molecule is C1CCNC1.COc1cc2[nH]cc(C(=O)C(=O)N3CCCC3)c2cc1C(=O)N1CCC(Cc2ccc(F)cc2)CC1.COc1cc2[nH]ccc2cc1C(=O)N1CCC(Cc2ccc(F)cc2)CC1.COc1cc2c(cc1C(=O)N1CCC(Cc3ccc(F)cc3)CC1)c(C(=O)C(=O)N1CCCC1)cn2N. The molecule has 20 nitrogen and oxygen atoms in total. The predicted octanol–water partition coefficient (Wildman–Crippen LogP) is 12.4. The lowest BCUT2D eigenvalue weighted by Gasteiger charge is -2.32. The molecule has 552 valence electrons. The van der Waals surface area contributed by atoms with Crippen LogP contribution < -0.4 is 25.4 Å². The number of carbonyl (C=O) groups excluding carboxylic acids is 7. The zero-order chi connectivity index (χ0) is 73.7. The Morgan fingerprint density at radius 3 is 1.20 bits per heavy atom. The van der Waals surface area contributed by atoms with Gasteiger partial charge in [-0.2, -0.15) is 0 Å². The van der Waals surface area contributed by atoms with Gasteiger partial charge in [0.15, 0.2) is 0 Å². The summed E-state index contributed by atoms with van der Waals surface area (Å²) in [4.78, 5) is 107. The number of aromatic nitrogens is 3. The molecular weight excluding hydrogens is 1340 g/mol. The minimum Gasteiger partial charge on any atom is -0.496 e. The molecule has 0 spiro atoms. The third-order valence-electron chi connectivity index (χ3n) is 21.4. The Balaban J connectivity index is 0.000000144. The molecule has 9 aromatic rings. The van der Waals surface area contributed by atoms with Crippen LogP contribution >= 0.6 is 0 Å². The number of hydrogen-bond donors (Lipinski definition) is 4. The van der Waals surface area contributed by atoms with E-state index in [0.29, 0.717) is 126 Å². The first-order valence-electron chi connectivity index (χ1n) is 36.8. The van der Waals surface area contributed by atoms with E-state index in [1.807, 2.05) is 70.6 Å². The lowest BCUT2D eigenvalue weighted by Crippen LogP contribution is -2.39. The first-order valence-corrected chi connectivity index (χ1v) is 36.8. The van der Waals surface area contributed by atoms with Crippen LogP contribution in [0.15, 0.2) is 134 Å². The molecule has 3 aromatic heterocycles. The summed E-state index contributed by atoms with van der Waals surface area (Å²) in [6.45, 7) is 8.70. The number of H-pyrrole nitrogens is 2. The van der Waals surface area contributed by atoms with Crippen molar-refractivity contribution in [1.82, 2.24) is 44.5 Å². The highest BCUT2D eigenvalue weighted by Gasteiger charge is 2.34. The smallest absolute Gasteiger partial charge is 0.295 e. The van der Waals surface area contributed by atoms with Crippen LogP contribution in [-0.2, 0) is 28.9 Å². The Morgan fingerprint density at radius 1 is 0.419 bits per heavy atom. The number of likely N-dealkylation sites (tertiary alicyclic amines) is 5. The Labute approximate surface area is 609 Å². The van der Waals surface area contributed by atoms with Crippen molar-refractivity contribution in [2.45, 2.75) is 96.3 Å². The lowest BCUT2D eigenvalue weighted by molar-refractivity contribution is -0.126. The van der Waals surface area contributed by atoms with E-state index in [1.165, 1.54) is 93.6 Å². The van der Waals surface area contributed by atoms with Gasteiger partial charge in [-0.15, -0.1) is 0 Å². The van der Waals surface area contributed by atoms with Crippen LogP contribution in [0.4, 0.5) is 13.2 Å². The highest BCUT2D eigenvalue weighted by molar-refractivity contribution is 6.45. The summed E-state index contributed by atoms with van der Waals surface area (Å²) >= 11 is 0. The Hall–Kier alpha value is -10.4. The second-order valence-electron chi connectivity index (χ2n) is 28.2. The minimum atomic E-state index is -0.624. The van der Waals surface area contributed by atoms with Crippen molar-refractivity contribution in [2.24, 2.45) is 17.8 Å². The number of amides is 5. The quantitative estimate of drug-likeness (QED) is 0.0401. The molecule has 6 fully saturated rings. The minimum absolute atomic E-state index is 0.0233. The fourth-order valence-electron chi connectivity index (χ4n) is 15.3. The maximum atomic E-state index is 13.6. The summed E-state index contributed by atoms with van der Waals surface area (Å²) in [7, 11) is 4.59. The topological polar surface area (TPSA) is 238 Å². The van der Waals surface area contributed by atoms with Crippen molar-refractivity contribution in [3.63, 3.8) is 0 Å². The molecule has 0 radical (unpaired) electrons. The van der Waals surface area contributed by atoms with Crippen LogP contribution in [-0.4, -0.2) is 180 Å². The van der Waals surface area contributed by atoms with Gasteiger partial charge in [0.05, 0.1) is 54.7 Å². The summed E-state index contributed by atoms with van der Waals surface area (Å²) in [6.07, 6.45) is 19.1. The Bertz CT molecular complexity index is 4540. The Kier molecular flexibility index (Phi) is 24.4. The van der Waals surface area contributed by atoms with Crippen LogP contribution in [0.2, 0.25) is 0 Å². The van der Waals surface area contributed by atoms with Crippen LogP contribution in [0, 0.1) is 35.2 Å². The average molecular weight is 1440 g/mol. The molecule has 6 aliphatic heterocycles. The zero-order valence-corrected chi connectivity index (χ0v) is 60.0. The van der Waals surface area contributed by atoms with Gasteiger partial charge in [0.1, 0.15) is 34.7 Å². The van der Waals surface area contributed by atoms with Gasteiger partial charge in [-0.05, 0) is 205 Å². The van der Waals surface area contributed by atoms with Gasteiger partial charge in [-0.1, -0.05) is 36.4 Å². The van der Waals surface area contributed by atoms with Crippen molar-refractivity contribution >= 4 is 73.8 Å². The molecule has 6 aliphatic rings. The number of ether oxygens (including phenoxy) is 3. The molecule has 5 N–H and O–H groups in total. The number of nitrogens with two attached hydrogens (primary N) is 1. The van der Waals surface area contributed by atoms with Gasteiger partial charge in [-0.25, -0.2) is 13.2 Å². The number of nitrogens with zero attached hydrogens (tertiary/aromatic N) is 6. The molecular formula is C82H93F3N10O10. The molecule has 0 aliphatic carbocycles. The first-order chi connectivity index (χ1) is 50.9. The standard InChI is InChI=1S/C28H31FN4O4.C28H30FN3O4.C22H23FN2O2.C4H9N/c1-37-25-16-24-21(23(17-33(24)30)26(34)28(36)31-10-2-3-11-31)15-22(25)27(35)32-12-8-19(9-13-32)14-18-4-6-20(29)7-5-18;1-36-25-16-24-21(23(17-30-24)26(33)28(35)31-10-2-3-11-31)15-22(25)27(34)32-12-8-19(9-13-32)14-18-4-6-20(29)7-5-18;1-27-21-14-20-17(6-9-24-20)13-19(21)22(26)25-10-7-16(8-11-25)12-15-2-4-18(23)5-3-15;1-2-4-5-3-1/h4-7,15-17,19H,2-3,8-14,30H2,1H3;4-7,15-17,19,30H,2-3,8-14H2,1H3;2-6,9,13-14,16,24H,7-8,10-12H2,1H3;5H,1-4H2. The number of carbonyl (C=O) groups is 7. The van der Waals surface area contributed by atoms with Crippen LogP contribution in [0.1, 0.15) is 146 Å². The summed E-state index contributed by atoms with van der Waals surface area (Å²) in [5, 5.41) is 5.23. The van der Waals surface area contributed by atoms with E-state index in [-0.39, 0.29) is 46.3 Å². The fraction of sp³-hybridized carbons (Fsp3) is 0.402. The largest absolute Gasteiger partial charge is 0.496 e. The summed E-state index contributed by atoms with van der Waals surface area (Å²) in [5.41, 5.74) is 7.23. The number of benzene rings is 6. The molecule has 6 saturated heterocycles. The second kappa shape index (κ2) is 34.5. The molecule has 0 bridgehead atoms. The number of ketones is 2. The summed E-state index contributed by atoms with van der Waals surface area (Å²) in [6, 6.07) is 32.3. The molecule has 0 unspecified atom stereocenters. The average Bonchev–Trinajstić information content (AvgIpc) is 1.65. The van der Waals surface area contributed by atoms with Crippen molar-refractivity contribution in [3.8, 4) is 17.2 Å². The first kappa shape index (κ1) is 74.3. The highest BCUT2D eigenvalue weighted by Crippen LogP contribution is 2.36. The third kappa shape index (κ3) is 17.9. The number of halogens is 3. The van der Waals surface area contributed by atoms with E-state index in [0.717, 1.165) is 124 Å². The summed E-state index contributed by atoms with van der Waals surface area (Å²) in [5.74, 6) is 5.63. The molecule has 105 heavy (non-hydrogen) atoms. The van der Waals surface area contributed by atoms with Crippen molar-refractivity contribution in [2.75, 3.05) is 106 Å². The number of hydrogen-bond acceptors (Lipinski definition) is 12. The van der Waals surface area contributed by atoms with E-state index in [1.54, 1.807) is 46.1 Å². The van der Waals surface area contributed by atoms with E-state index >= 15 is 0 Å². The van der Waals surface area contributed by atoms with Crippen molar-refractivity contribution in [1.29, 1.82) is 0 Å². The molecule has 5 amide bonds. The molecule has 0 saturated carbocycles. The van der Waals surface area contributed by atoms with Gasteiger partial charge in [-0.3, -0.25) is 38.2 Å². The lowest BCUT2D eigenvalue weighted by atomic mass is 9.90.